The van der Waals surface area contributed by atoms with Crippen molar-refractivity contribution in [2.24, 2.45) is 5.11 Å². The number of aromatic carboxylic acids is 1. The van der Waals surface area contributed by atoms with Gasteiger partial charge in [-0.2, -0.15) is 8.42 Å². The zero-order valence-corrected chi connectivity index (χ0v) is 12.9. The number of nitrogens with zero attached hydrogens (tertiary/aromatic N) is 2. The summed E-state index contributed by atoms with van der Waals surface area (Å²) in [5, 5.41) is 14.4. The average molecular weight is 372 g/mol. The molecule has 0 atom stereocenters. The van der Waals surface area contributed by atoms with Crippen LogP contribution >= 0.6 is 0 Å². The molecule has 0 amide bonds. The monoisotopic (exact) mass is 372 g/mol. The van der Waals surface area contributed by atoms with E-state index in [2.05, 4.69) is 15.4 Å². The molecule has 126 valence electrons. The molecule has 0 saturated carbocycles. The fourth-order valence-corrected chi connectivity index (χ4v) is 2.38. The van der Waals surface area contributed by atoms with Gasteiger partial charge in [-0.25, -0.2) is 15.3 Å². The summed E-state index contributed by atoms with van der Waals surface area (Å²) in [7, 11) is -4.03. The Morgan fingerprint density at radius 1 is 1.24 bits per heavy atom. The van der Waals surface area contributed by atoms with Gasteiger partial charge in [0.05, 0.1) is 5.56 Å². The minimum absolute atomic E-state index is 0. The van der Waals surface area contributed by atoms with Gasteiger partial charge >= 0.3 is 45.6 Å². The standard InChI is InChI=1S/C14H12N4O5S.Na.H/c15-18-13(17-12-7-6-10(8-16-12)14(19)20)9-23-24(21,22)11-4-2-1-3-5-11;;/h1-9,15H,(H,16,17)(H,19,20);;/b13-9+,18-15?;;. The van der Waals surface area contributed by atoms with Crippen LogP contribution in [-0.4, -0.2) is 54.0 Å². The maximum atomic E-state index is 11.9. The van der Waals surface area contributed by atoms with Crippen molar-refractivity contribution in [2.45, 2.75) is 4.90 Å². The van der Waals surface area contributed by atoms with Crippen molar-refractivity contribution in [3.8, 4) is 0 Å². The molecule has 0 unspecified atom stereocenters. The number of carboxylic acid groups (broad SMARTS) is 1. The van der Waals surface area contributed by atoms with Gasteiger partial charge in [0.2, 0.25) is 0 Å². The molecule has 9 nitrogen and oxygen atoms in total. The van der Waals surface area contributed by atoms with E-state index in [-0.39, 0.29) is 51.7 Å². The molecule has 2 aromatic rings. The SMILES string of the molecule is N=N/C(=C/OS(=O)(=O)c1ccccc1)Nc1ccc(C(=O)O)cn1.[NaH]. The molecule has 1 aromatic carbocycles. The summed E-state index contributed by atoms with van der Waals surface area (Å²) in [6, 6.07) is 10.1. The quantitative estimate of drug-likeness (QED) is 0.291. The fourth-order valence-electron chi connectivity index (χ4n) is 1.56. The van der Waals surface area contributed by atoms with E-state index in [1.165, 1.54) is 24.3 Å². The molecular formula is C14H13N4NaO5S. The molecule has 0 saturated heterocycles. The van der Waals surface area contributed by atoms with E-state index in [1.807, 2.05) is 0 Å². The van der Waals surface area contributed by atoms with Crippen molar-refractivity contribution in [3.05, 3.63) is 66.3 Å². The summed E-state index contributed by atoms with van der Waals surface area (Å²) in [6.07, 6.45) is 1.86. The molecule has 25 heavy (non-hydrogen) atoms. The second kappa shape index (κ2) is 9.28. The number of nitrogens with one attached hydrogen (secondary N) is 2. The number of carboxylic acids is 1. The zero-order valence-electron chi connectivity index (χ0n) is 12.1. The molecular weight excluding hydrogens is 359 g/mol. The first-order chi connectivity index (χ1) is 11.4. The van der Waals surface area contributed by atoms with Crippen molar-refractivity contribution in [3.63, 3.8) is 0 Å². The first-order valence-corrected chi connectivity index (χ1v) is 7.85. The molecule has 2 rings (SSSR count). The van der Waals surface area contributed by atoms with Crippen molar-refractivity contribution in [1.29, 1.82) is 5.53 Å². The van der Waals surface area contributed by atoms with Gasteiger partial charge in [-0.3, -0.25) is 0 Å². The van der Waals surface area contributed by atoms with Crippen molar-refractivity contribution < 1.29 is 22.5 Å². The molecule has 3 N–H and O–H groups in total. The van der Waals surface area contributed by atoms with Gasteiger partial charge in [-0.1, -0.05) is 18.2 Å². The van der Waals surface area contributed by atoms with Crippen LogP contribution in [0.4, 0.5) is 5.82 Å². The van der Waals surface area contributed by atoms with Crippen LogP contribution in [0, 0.1) is 5.53 Å². The predicted octanol–water partition coefficient (Wildman–Crippen LogP) is 1.78. The Hall–Kier alpha value is -2.27. The molecule has 0 spiro atoms. The van der Waals surface area contributed by atoms with Gasteiger partial charge < -0.3 is 14.6 Å². The second-order valence-corrected chi connectivity index (χ2v) is 5.91. The first-order valence-electron chi connectivity index (χ1n) is 6.45. The van der Waals surface area contributed by atoms with E-state index in [1.54, 1.807) is 18.2 Å². The van der Waals surface area contributed by atoms with Gasteiger partial charge in [0.15, 0.2) is 12.1 Å². The maximum absolute atomic E-state index is 11.9. The van der Waals surface area contributed by atoms with Crippen molar-refractivity contribution in [1.82, 2.24) is 4.98 Å². The number of pyridine rings is 1. The summed E-state index contributed by atoms with van der Waals surface area (Å²) in [5.74, 6) is -1.19. The van der Waals surface area contributed by atoms with E-state index < -0.39 is 16.1 Å². The van der Waals surface area contributed by atoms with Crippen molar-refractivity contribution >= 4 is 51.5 Å². The molecule has 0 bridgehead atoms. The van der Waals surface area contributed by atoms with Crippen LogP contribution in [-0.2, 0) is 14.3 Å². The van der Waals surface area contributed by atoms with E-state index in [9.17, 15) is 13.2 Å². The third-order valence-electron chi connectivity index (χ3n) is 2.71. The number of hydrogen-bond acceptors (Lipinski definition) is 8. The molecule has 1 aromatic heterocycles. The number of aromatic nitrogens is 1. The molecule has 0 radical (unpaired) electrons. The third kappa shape index (κ3) is 5.94. The second-order valence-electron chi connectivity index (χ2n) is 4.34. The number of anilines is 1. The van der Waals surface area contributed by atoms with E-state index in [0.29, 0.717) is 0 Å². The summed E-state index contributed by atoms with van der Waals surface area (Å²) in [5.41, 5.74) is 7.01. The first kappa shape index (κ1) is 20.8. The average Bonchev–Trinajstić information content (AvgIpc) is 2.59. The topological polar surface area (TPSA) is 142 Å². The van der Waals surface area contributed by atoms with Crippen LogP contribution in [0.1, 0.15) is 10.4 Å². The predicted molar refractivity (Wildman–Crippen MR) is 89.9 cm³/mol. The Morgan fingerprint density at radius 3 is 2.44 bits per heavy atom. The van der Waals surface area contributed by atoms with Gasteiger partial charge in [-0.05, 0) is 24.3 Å². The Labute approximate surface area is 165 Å². The summed E-state index contributed by atoms with van der Waals surface area (Å²) >= 11 is 0. The molecule has 1 heterocycles. The molecule has 11 heteroatoms. The van der Waals surface area contributed by atoms with Crippen LogP contribution in [0.2, 0.25) is 0 Å². The Kier molecular flexibility index (Phi) is 7.71. The summed E-state index contributed by atoms with van der Waals surface area (Å²) < 4.78 is 28.6. The van der Waals surface area contributed by atoms with Gasteiger partial charge in [0.25, 0.3) is 0 Å². The molecule has 0 aliphatic rings. The van der Waals surface area contributed by atoms with E-state index >= 15 is 0 Å². The fraction of sp³-hybridized carbons (Fsp3) is 0. The Balaban J connectivity index is 0.00000312. The number of carbonyl (C=O) groups is 1. The number of benzene rings is 1. The third-order valence-corrected chi connectivity index (χ3v) is 3.90. The van der Waals surface area contributed by atoms with E-state index in [0.717, 1.165) is 12.5 Å². The van der Waals surface area contributed by atoms with Gasteiger partial charge in [0.1, 0.15) is 10.7 Å². The van der Waals surface area contributed by atoms with Crippen LogP contribution in [0.25, 0.3) is 0 Å². The van der Waals surface area contributed by atoms with Crippen molar-refractivity contribution in [2.75, 3.05) is 5.32 Å². The van der Waals surface area contributed by atoms with Crippen LogP contribution in [0.15, 0.2) is 70.8 Å². The molecule has 0 fully saturated rings. The van der Waals surface area contributed by atoms with Gasteiger partial charge in [-0.15, -0.1) is 5.11 Å². The van der Waals surface area contributed by atoms with Gasteiger partial charge in [0, 0.05) is 6.20 Å². The number of rotatable bonds is 7. The van der Waals surface area contributed by atoms with Crippen LogP contribution in [0.3, 0.4) is 0 Å². The molecule has 0 aliphatic carbocycles. The van der Waals surface area contributed by atoms with E-state index in [4.69, 9.17) is 14.8 Å². The minimum atomic E-state index is -4.03. The molecule has 0 aliphatic heterocycles. The Bertz CT molecular complexity index is 870. The van der Waals surface area contributed by atoms with Crippen LogP contribution in [0.5, 0.6) is 0 Å². The Morgan fingerprint density at radius 2 is 1.92 bits per heavy atom. The van der Waals surface area contributed by atoms with Crippen LogP contribution < -0.4 is 5.32 Å². The summed E-state index contributed by atoms with van der Waals surface area (Å²) in [4.78, 5) is 14.5. The number of hydrogen-bond donors (Lipinski definition) is 3. The normalized spacial score (nSPS) is 11.1. The summed E-state index contributed by atoms with van der Waals surface area (Å²) in [6.45, 7) is 0. The zero-order chi connectivity index (χ0) is 17.6.